The van der Waals surface area contributed by atoms with E-state index in [2.05, 4.69) is 26.2 Å². The summed E-state index contributed by atoms with van der Waals surface area (Å²) >= 11 is 3.36. The van der Waals surface area contributed by atoms with Crippen LogP contribution in [-0.4, -0.2) is 10.9 Å². The quantitative estimate of drug-likeness (QED) is 0.556. The predicted molar refractivity (Wildman–Crippen MR) is 98.0 cm³/mol. The highest BCUT2D eigenvalue weighted by molar-refractivity contribution is 9.10. The summed E-state index contributed by atoms with van der Waals surface area (Å²) in [4.78, 5) is 16.1. The number of carbonyl (C=O) groups excluding carboxylic acids is 1. The molecule has 8 heteroatoms. The van der Waals surface area contributed by atoms with Crippen molar-refractivity contribution < 1.29 is 22.4 Å². The van der Waals surface area contributed by atoms with Crippen LogP contribution in [0.3, 0.4) is 0 Å². The molecule has 3 aromatic rings. The number of alkyl halides is 3. The lowest BCUT2D eigenvalue weighted by atomic mass is 10.2. The molecule has 0 unspecified atom stereocenters. The van der Waals surface area contributed by atoms with Gasteiger partial charge in [0.05, 0.1) is 11.8 Å². The van der Waals surface area contributed by atoms with E-state index < -0.39 is 11.7 Å². The fourth-order valence-electron chi connectivity index (χ4n) is 2.36. The van der Waals surface area contributed by atoms with E-state index >= 15 is 0 Å². The smallest absolute Gasteiger partial charge is 0.416 e. The summed E-state index contributed by atoms with van der Waals surface area (Å²) in [6.45, 7) is 0. The molecule has 140 valence electrons. The first-order valence-corrected chi connectivity index (χ1v) is 8.78. The molecule has 3 rings (SSSR count). The number of amides is 1. The summed E-state index contributed by atoms with van der Waals surface area (Å²) in [5, 5.41) is 2.55. The van der Waals surface area contributed by atoms with Gasteiger partial charge in [0.15, 0.2) is 11.7 Å². The molecule has 2 aromatic carbocycles. The maximum Gasteiger partial charge on any atom is 0.416 e. The van der Waals surface area contributed by atoms with Gasteiger partial charge in [0.1, 0.15) is 0 Å². The van der Waals surface area contributed by atoms with E-state index in [0.29, 0.717) is 17.3 Å². The average molecular weight is 439 g/mol. The Hall–Kier alpha value is -2.61. The van der Waals surface area contributed by atoms with Crippen LogP contribution >= 0.6 is 15.9 Å². The Labute approximate surface area is 161 Å². The first-order chi connectivity index (χ1) is 12.8. The van der Waals surface area contributed by atoms with E-state index in [-0.39, 0.29) is 18.7 Å². The zero-order valence-electron chi connectivity index (χ0n) is 13.9. The number of rotatable bonds is 5. The third kappa shape index (κ3) is 5.19. The molecule has 0 radical (unpaired) electrons. The van der Waals surface area contributed by atoms with Crippen LogP contribution in [0.25, 0.3) is 11.3 Å². The number of oxazole rings is 1. The van der Waals surface area contributed by atoms with Crippen LogP contribution in [0.1, 0.15) is 17.9 Å². The number of aryl methyl sites for hydroxylation is 1. The number of nitrogens with zero attached hydrogens (tertiary/aromatic N) is 1. The van der Waals surface area contributed by atoms with Crippen LogP contribution in [0.5, 0.6) is 0 Å². The average Bonchev–Trinajstić information content (AvgIpc) is 3.09. The van der Waals surface area contributed by atoms with Gasteiger partial charge in [0.2, 0.25) is 5.91 Å². The van der Waals surface area contributed by atoms with Crippen molar-refractivity contribution in [2.24, 2.45) is 0 Å². The van der Waals surface area contributed by atoms with E-state index in [1.54, 1.807) is 6.20 Å². The number of nitrogens with one attached hydrogen (secondary N) is 1. The highest BCUT2D eigenvalue weighted by Crippen LogP contribution is 2.30. The summed E-state index contributed by atoms with van der Waals surface area (Å²) in [7, 11) is 0. The lowest BCUT2D eigenvalue weighted by Gasteiger charge is -2.08. The molecular weight excluding hydrogens is 425 g/mol. The first kappa shape index (κ1) is 19.2. The van der Waals surface area contributed by atoms with Crippen molar-refractivity contribution in [2.45, 2.75) is 19.0 Å². The molecular formula is C19H14BrF3N2O2. The molecule has 0 saturated heterocycles. The fourth-order valence-corrected chi connectivity index (χ4v) is 2.62. The molecule has 0 bridgehead atoms. The minimum Gasteiger partial charge on any atom is -0.441 e. The van der Waals surface area contributed by atoms with Crippen molar-refractivity contribution in [3.63, 3.8) is 0 Å². The van der Waals surface area contributed by atoms with Crippen molar-refractivity contribution in [2.75, 3.05) is 5.32 Å². The Kier molecular flexibility index (Phi) is 5.65. The molecule has 0 spiro atoms. The molecule has 0 saturated carbocycles. The number of carbonyl (C=O) groups is 1. The maximum atomic E-state index is 12.5. The number of hydrogen-bond donors (Lipinski definition) is 1. The van der Waals surface area contributed by atoms with Gasteiger partial charge in [-0.15, -0.1) is 0 Å². The van der Waals surface area contributed by atoms with Gasteiger partial charge in [0, 0.05) is 28.6 Å². The SMILES string of the molecule is O=C(CCc1ncc(-c2ccc(Br)cc2)o1)Nc1ccc(C(F)(F)F)cc1. The predicted octanol–water partition coefficient (Wildman–Crippen LogP) is 5.69. The van der Waals surface area contributed by atoms with Crippen molar-refractivity contribution in [3.8, 4) is 11.3 Å². The van der Waals surface area contributed by atoms with Gasteiger partial charge < -0.3 is 9.73 Å². The molecule has 1 amide bonds. The summed E-state index contributed by atoms with van der Waals surface area (Å²) in [6, 6.07) is 11.8. The maximum absolute atomic E-state index is 12.5. The highest BCUT2D eigenvalue weighted by atomic mass is 79.9. The van der Waals surface area contributed by atoms with Crippen LogP contribution in [0.15, 0.2) is 63.6 Å². The third-order valence-electron chi connectivity index (χ3n) is 3.74. The van der Waals surface area contributed by atoms with E-state index in [1.165, 1.54) is 12.1 Å². The molecule has 0 aliphatic carbocycles. The summed E-state index contributed by atoms with van der Waals surface area (Å²) in [5.74, 6) is 0.675. The highest BCUT2D eigenvalue weighted by Gasteiger charge is 2.29. The van der Waals surface area contributed by atoms with Crippen LogP contribution in [0.4, 0.5) is 18.9 Å². The minimum atomic E-state index is -4.40. The molecule has 0 atom stereocenters. The zero-order valence-corrected chi connectivity index (χ0v) is 15.5. The zero-order chi connectivity index (χ0) is 19.4. The number of anilines is 1. The lowest BCUT2D eigenvalue weighted by Crippen LogP contribution is -2.13. The topological polar surface area (TPSA) is 55.1 Å². The summed E-state index contributed by atoms with van der Waals surface area (Å²) in [5.41, 5.74) is 0.405. The summed E-state index contributed by atoms with van der Waals surface area (Å²) < 4.78 is 44.2. The second-order valence-electron chi connectivity index (χ2n) is 5.75. The van der Waals surface area contributed by atoms with E-state index in [0.717, 1.165) is 22.2 Å². The summed E-state index contributed by atoms with van der Waals surface area (Å²) in [6.07, 6.45) is -2.43. The van der Waals surface area contributed by atoms with Crippen molar-refractivity contribution in [1.29, 1.82) is 0 Å². The van der Waals surface area contributed by atoms with Crippen LogP contribution in [-0.2, 0) is 17.4 Å². The number of benzene rings is 2. The van der Waals surface area contributed by atoms with Crippen LogP contribution < -0.4 is 5.32 Å². The van der Waals surface area contributed by atoms with Gasteiger partial charge in [0.25, 0.3) is 0 Å². The second kappa shape index (κ2) is 7.96. The Morgan fingerprint density at radius 1 is 1.07 bits per heavy atom. The molecule has 0 aliphatic rings. The molecule has 1 aromatic heterocycles. The van der Waals surface area contributed by atoms with Crippen molar-refractivity contribution >= 4 is 27.5 Å². The van der Waals surface area contributed by atoms with Gasteiger partial charge in [-0.3, -0.25) is 4.79 Å². The van der Waals surface area contributed by atoms with E-state index in [1.807, 2.05) is 24.3 Å². The Bertz CT molecular complexity index is 919. The van der Waals surface area contributed by atoms with Crippen molar-refractivity contribution in [3.05, 3.63) is 70.7 Å². The normalized spacial score (nSPS) is 11.4. The monoisotopic (exact) mass is 438 g/mol. The number of aromatic nitrogens is 1. The molecule has 27 heavy (non-hydrogen) atoms. The van der Waals surface area contributed by atoms with Gasteiger partial charge in [-0.25, -0.2) is 4.98 Å². The van der Waals surface area contributed by atoms with Crippen LogP contribution in [0, 0.1) is 0 Å². The van der Waals surface area contributed by atoms with Gasteiger partial charge in [-0.05, 0) is 36.4 Å². The second-order valence-corrected chi connectivity index (χ2v) is 6.66. The Morgan fingerprint density at radius 2 is 1.74 bits per heavy atom. The lowest BCUT2D eigenvalue weighted by molar-refractivity contribution is -0.137. The van der Waals surface area contributed by atoms with Gasteiger partial charge >= 0.3 is 6.18 Å². The first-order valence-electron chi connectivity index (χ1n) is 7.99. The van der Waals surface area contributed by atoms with Gasteiger partial charge in [-0.1, -0.05) is 28.1 Å². The molecule has 1 N–H and O–H groups in total. The fraction of sp³-hybridized carbons (Fsp3) is 0.158. The Balaban J connectivity index is 1.54. The van der Waals surface area contributed by atoms with E-state index in [4.69, 9.17) is 4.42 Å². The van der Waals surface area contributed by atoms with Gasteiger partial charge in [-0.2, -0.15) is 13.2 Å². The standard InChI is InChI=1S/C19H14BrF3N2O2/c20-14-5-1-12(2-6-14)16-11-24-18(27-16)10-9-17(26)25-15-7-3-13(4-8-15)19(21,22)23/h1-8,11H,9-10H2,(H,25,26). The molecule has 0 fully saturated rings. The van der Waals surface area contributed by atoms with Crippen molar-refractivity contribution in [1.82, 2.24) is 4.98 Å². The number of hydrogen-bond acceptors (Lipinski definition) is 3. The largest absolute Gasteiger partial charge is 0.441 e. The molecule has 4 nitrogen and oxygen atoms in total. The molecule has 1 heterocycles. The minimum absolute atomic E-state index is 0.0985. The third-order valence-corrected chi connectivity index (χ3v) is 4.27. The molecule has 0 aliphatic heterocycles. The van der Waals surface area contributed by atoms with E-state index in [9.17, 15) is 18.0 Å². The van der Waals surface area contributed by atoms with Crippen LogP contribution in [0.2, 0.25) is 0 Å². The Morgan fingerprint density at radius 3 is 2.37 bits per heavy atom. The number of halogens is 4.